The Hall–Kier alpha value is -3.56. The van der Waals surface area contributed by atoms with E-state index in [0.717, 1.165) is 0 Å². The lowest BCUT2D eigenvalue weighted by Crippen LogP contribution is -2.33. The SMILES string of the molecule is N#CNC1=NC(c2cc(Cl)ccc2F)c2c(nc(N)c(C#N)c2N)N1. The van der Waals surface area contributed by atoms with Crippen molar-refractivity contribution in [2.45, 2.75) is 6.04 Å². The van der Waals surface area contributed by atoms with E-state index in [2.05, 4.69) is 20.6 Å². The highest BCUT2D eigenvalue weighted by atomic mass is 35.5. The summed E-state index contributed by atoms with van der Waals surface area (Å²) in [4.78, 5) is 8.34. The normalized spacial score (nSPS) is 15.2. The zero-order chi connectivity index (χ0) is 18.1. The summed E-state index contributed by atoms with van der Waals surface area (Å²) in [6.45, 7) is 0. The molecule has 1 aliphatic heterocycles. The first-order chi connectivity index (χ1) is 12.0. The van der Waals surface area contributed by atoms with Crippen molar-refractivity contribution in [2.75, 3.05) is 16.8 Å². The number of nitrogen functional groups attached to an aromatic ring is 2. The molecule has 0 saturated heterocycles. The molecular formula is C15H10ClFN8. The molecule has 0 aliphatic carbocycles. The van der Waals surface area contributed by atoms with Crippen molar-refractivity contribution in [3.8, 4) is 12.3 Å². The van der Waals surface area contributed by atoms with Gasteiger partial charge in [-0.1, -0.05) is 11.6 Å². The number of hydrogen-bond donors (Lipinski definition) is 4. The lowest BCUT2D eigenvalue weighted by atomic mass is 9.95. The molecule has 1 atom stereocenters. The minimum absolute atomic E-state index is 0.0279. The molecule has 0 amide bonds. The molecule has 0 spiro atoms. The van der Waals surface area contributed by atoms with Gasteiger partial charge in [-0.3, -0.25) is 5.32 Å². The number of nitrogens with zero attached hydrogens (tertiary/aromatic N) is 4. The van der Waals surface area contributed by atoms with Crippen molar-refractivity contribution in [3.05, 3.63) is 45.7 Å². The van der Waals surface area contributed by atoms with Gasteiger partial charge in [0.2, 0.25) is 5.96 Å². The Labute approximate surface area is 146 Å². The second-order valence-corrected chi connectivity index (χ2v) is 5.50. The Kier molecular flexibility index (Phi) is 4.01. The predicted molar refractivity (Wildman–Crippen MR) is 90.8 cm³/mol. The summed E-state index contributed by atoms with van der Waals surface area (Å²) < 4.78 is 14.4. The molecule has 2 aromatic rings. The Morgan fingerprint density at radius 1 is 1.32 bits per heavy atom. The second kappa shape index (κ2) is 6.15. The number of guanidine groups is 1. The molecule has 6 N–H and O–H groups in total. The van der Waals surface area contributed by atoms with E-state index in [4.69, 9.17) is 28.3 Å². The molecule has 25 heavy (non-hydrogen) atoms. The van der Waals surface area contributed by atoms with Gasteiger partial charge >= 0.3 is 0 Å². The Morgan fingerprint density at radius 3 is 2.76 bits per heavy atom. The van der Waals surface area contributed by atoms with Crippen molar-refractivity contribution in [1.29, 1.82) is 10.5 Å². The number of rotatable bonds is 1. The maximum Gasteiger partial charge on any atom is 0.211 e. The zero-order valence-corrected chi connectivity index (χ0v) is 13.3. The van der Waals surface area contributed by atoms with Crippen molar-refractivity contribution in [2.24, 2.45) is 4.99 Å². The van der Waals surface area contributed by atoms with E-state index in [1.807, 2.05) is 6.07 Å². The molecule has 1 unspecified atom stereocenters. The number of pyridine rings is 1. The molecule has 1 aromatic heterocycles. The van der Waals surface area contributed by atoms with Gasteiger partial charge in [-0.05, 0) is 18.2 Å². The van der Waals surface area contributed by atoms with Crippen LogP contribution in [0.4, 0.5) is 21.7 Å². The lowest BCUT2D eigenvalue weighted by molar-refractivity contribution is 0.599. The summed E-state index contributed by atoms with van der Waals surface area (Å²) >= 11 is 5.97. The fraction of sp³-hybridized carbons (Fsp3) is 0.0667. The third-order valence-electron chi connectivity index (χ3n) is 3.61. The van der Waals surface area contributed by atoms with Gasteiger partial charge in [0.1, 0.15) is 35.1 Å². The van der Waals surface area contributed by atoms with E-state index < -0.39 is 11.9 Å². The minimum Gasteiger partial charge on any atom is -0.397 e. The summed E-state index contributed by atoms with van der Waals surface area (Å²) in [6.07, 6.45) is 1.71. The number of aliphatic imine (C=N–C) groups is 1. The third-order valence-corrected chi connectivity index (χ3v) is 3.85. The number of fused-ring (bicyclic) bond motifs is 1. The van der Waals surface area contributed by atoms with Crippen LogP contribution in [0.3, 0.4) is 0 Å². The average Bonchev–Trinajstić information content (AvgIpc) is 2.57. The number of nitriles is 2. The molecule has 0 fully saturated rings. The van der Waals surface area contributed by atoms with Gasteiger partial charge in [0.05, 0.1) is 5.69 Å². The van der Waals surface area contributed by atoms with Crippen LogP contribution < -0.4 is 22.1 Å². The molecular weight excluding hydrogens is 347 g/mol. The smallest absolute Gasteiger partial charge is 0.211 e. The molecule has 1 aliphatic rings. The Morgan fingerprint density at radius 2 is 2.08 bits per heavy atom. The number of benzene rings is 1. The van der Waals surface area contributed by atoms with Crippen LogP contribution in [0.5, 0.6) is 0 Å². The van der Waals surface area contributed by atoms with Crippen LogP contribution in [0.1, 0.15) is 22.7 Å². The summed E-state index contributed by atoms with van der Waals surface area (Å²) in [5.74, 6) is -0.451. The van der Waals surface area contributed by atoms with Crippen molar-refractivity contribution in [3.63, 3.8) is 0 Å². The maximum absolute atomic E-state index is 14.4. The number of aromatic nitrogens is 1. The molecule has 10 heteroatoms. The number of nitrogens with one attached hydrogen (secondary N) is 2. The van der Waals surface area contributed by atoms with E-state index in [0.29, 0.717) is 5.02 Å². The van der Waals surface area contributed by atoms with Crippen molar-refractivity contribution in [1.82, 2.24) is 10.3 Å². The van der Waals surface area contributed by atoms with Crippen LogP contribution in [0.25, 0.3) is 0 Å². The van der Waals surface area contributed by atoms with Crippen LogP contribution in [0.15, 0.2) is 23.2 Å². The molecule has 0 bridgehead atoms. The van der Waals surface area contributed by atoms with E-state index in [1.165, 1.54) is 18.2 Å². The van der Waals surface area contributed by atoms with Crippen LogP contribution in [0.2, 0.25) is 5.02 Å². The highest BCUT2D eigenvalue weighted by Gasteiger charge is 2.31. The monoisotopic (exact) mass is 356 g/mol. The molecule has 0 radical (unpaired) electrons. The zero-order valence-electron chi connectivity index (χ0n) is 12.5. The molecule has 124 valence electrons. The van der Waals surface area contributed by atoms with E-state index >= 15 is 0 Å². The summed E-state index contributed by atoms with van der Waals surface area (Å²) in [5, 5.41) is 23.4. The summed E-state index contributed by atoms with van der Waals surface area (Å²) in [7, 11) is 0. The highest BCUT2D eigenvalue weighted by molar-refractivity contribution is 6.30. The molecule has 8 nitrogen and oxygen atoms in total. The van der Waals surface area contributed by atoms with E-state index in [9.17, 15) is 9.65 Å². The standard InChI is InChI=1S/C15H10ClFN8/c16-6-1-2-9(17)7(3-6)12-10-11(20)8(4-18)13(21)24-14(10)25-15(23-12)22-5-19/h1-3,12H,(H6,20,21,22,23,24,25). The first kappa shape index (κ1) is 16.3. The van der Waals surface area contributed by atoms with Crippen molar-refractivity contribution >= 4 is 34.9 Å². The molecule has 0 saturated carbocycles. The average molecular weight is 357 g/mol. The number of nitrogens with two attached hydrogens (primary N) is 2. The van der Waals surface area contributed by atoms with Crippen LogP contribution in [0, 0.1) is 28.6 Å². The Balaban J connectivity index is 2.30. The predicted octanol–water partition coefficient (Wildman–Crippen LogP) is 1.85. The molecule has 3 rings (SSSR count). The maximum atomic E-state index is 14.4. The fourth-order valence-electron chi connectivity index (χ4n) is 2.53. The van der Waals surface area contributed by atoms with Crippen LogP contribution >= 0.6 is 11.6 Å². The van der Waals surface area contributed by atoms with Gasteiger partial charge in [0.25, 0.3) is 0 Å². The fourth-order valence-corrected chi connectivity index (χ4v) is 2.71. The summed E-state index contributed by atoms with van der Waals surface area (Å²) in [6, 6.07) is 4.89. The van der Waals surface area contributed by atoms with Gasteiger partial charge in [-0.15, -0.1) is 0 Å². The largest absolute Gasteiger partial charge is 0.397 e. The quantitative estimate of drug-likeness (QED) is 0.450. The van der Waals surface area contributed by atoms with E-state index in [-0.39, 0.29) is 40.0 Å². The molecule has 2 heterocycles. The minimum atomic E-state index is -0.967. The number of anilines is 3. The van der Waals surface area contributed by atoms with Gasteiger partial charge in [-0.25, -0.2) is 14.4 Å². The highest BCUT2D eigenvalue weighted by Crippen LogP contribution is 2.41. The van der Waals surface area contributed by atoms with E-state index in [1.54, 1.807) is 6.19 Å². The van der Waals surface area contributed by atoms with Crippen molar-refractivity contribution < 1.29 is 4.39 Å². The van der Waals surface area contributed by atoms with Gasteiger partial charge in [0.15, 0.2) is 6.19 Å². The Bertz CT molecular complexity index is 988. The van der Waals surface area contributed by atoms with Crippen LogP contribution in [-0.2, 0) is 0 Å². The topological polar surface area (TPSA) is 149 Å². The first-order valence-electron chi connectivity index (χ1n) is 6.90. The second-order valence-electron chi connectivity index (χ2n) is 5.07. The molecule has 1 aromatic carbocycles. The third kappa shape index (κ3) is 2.73. The number of hydrogen-bond acceptors (Lipinski definition) is 8. The number of halogens is 2. The van der Waals surface area contributed by atoms with Gasteiger partial charge in [-0.2, -0.15) is 10.5 Å². The van der Waals surface area contributed by atoms with Gasteiger partial charge < -0.3 is 16.8 Å². The summed E-state index contributed by atoms with van der Waals surface area (Å²) in [5.41, 5.74) is 12.2. The lowest BCUT2D eigenvalue weighted by Gasteiger charge is -2.26. The van der Waals surface area contributed by atoms with Crippen LogP contribution in [-0.4, -0.2) is 10.9 Å². The first-order valence-corrected chi connectivity index (χ1v) is 7.27. The van der Waals surface area contributed by atoms with Gasteiger partial charge in [0, 0.05) is 16.1 Å².